The Labute approximate surface area is 181 Å². The molecule has 5 nitrogen and oxygen atoms in total. The number of carbonyl (C=O) groups is 1. The summed E-state index contributed by atoms with van der Waals surface area (Å²) in [6.07, 6.45) is 1.69. The lowest BCUT2D eigenvalue weighted by molar-refractivity contribution is -0.129. The SMILES string of the molecule is CCOc1cc(/C=C2\N=C(c3ccccc3)OC2=O)ccc1OCc1cccc(C)c1. The number of hydrogen-bond donors (Lipinski definition) is 0. The zero-order valence-electron chi connectivity index (χ0n) is 17.5. The number of cyclic esters (lactones) is 1. The van der Waals surface area contributed by atoms with E-state index in [4.69, 9.17) is 14.2 Å². The number of aliphatic imine (C=N–C) groups is 1. The van der Waals surface area contributed by atoms with Crippen LogP contribution in [0.4, 0.5) is 0 Å². The van der Waals surface area contributed by atoms with Crippen LogP contribution in [-0.4, -0.2) is 18.5 Å². The van der Waals surface area contributed by atoms with Gasteiger partial charge < -0.3 is 14.2 Å². The van der Waals surface area contributed by atoms with Gasteiger partial charge in [0.15, 0.2) is 17.2 Å². The molecule has 0 aromatic heterocycles. The minimum absolute atomic E-state index is 0.245. The third kappa shape index (κ3) is 5.01. The molecular formula is C26H23NO4. The maximum atomic E-state index is 12.3. The molecule has 0 N–H and O–H groups in total. The van der Waals surface area contributed by atoms with E-state index in [1.807, 2.05) is 67.6 Å². The lowest BCUT2D eigenvalue weighted by Gasteiger charge is -2.13. The molecule has 4 rings (SSSR count). The third-order valence-electron chi connectivity index (χ3n) is 4.69. The highest BCUT2D eigenvalue weighted by Gasteiger charge is 2.24. The van der Waals surface area contributed by atoms with Crippen LogP contribution in [0.15, 0.2) is 83.5 Å². The fourth-order valence-electron chi connectivity index (χ4n) is 3.24. The zero-order valence-corrected chi connectivity index (χ0v) is 17.5. The van der Waals surface area contributed by atoms with Gasteiger partial charge in [0.2, 0.25) is 5.90 Å². The number of rotatable bonds is 7. The summed E-state index contributed by atoms with van der Waals surface area (Å²) >= 11 is 0. The molecule has 5 heteroatoms. The lowest BCUT2D eigenvalue weighted by Crippen LogP contribution is -2.05. The van der Waals surface area contributed by atoms with Gasteiger partial charge in [0.25, 0.3) is 0 Å². The Bertz CT molecular complexity index is 1150. The summed E-state index contributed by atoms with van der Waals surface area (Å²) in [5, 5.41) is 0. The largest absolute Gasteiger partial charge is 0.490 e. The Morgan fingerprint density at radius 3 is 2.55 bits per heavy atom. The summed E-state index contributed by atoms with van der Waals surface area (Å²) in [4.78, 5) is 16.6. The second kappa shape index (κ2) is 9.30. The van der Waals surface area contributed by atoms with Crippen molar-refractivity contribution in [3.63, 3.8) is 0 Å². The second-order valence-electron chi connectivity index (χ2n) is 7.12. The van der Waals surface area contributed by atoms with E-state index in [2.05, 4.69) is 24.0 Å². The summed E-state index contributed by atoms with van der Waals surface area (Å²) in [5.41, 5.74) is 4.05. The lowest BCUT2D eigenvalue weighted by atomic mass is 10.1. The molecule has 0 saturated heterocycles. The number of hydrogen-bond acceptors (Lipinski definition) is 5. The average molecular weight is 413 g/mol. The van der Waals surface area contributed by atoms with Gasteiger partial charge in [-0.3, -0.25) is 0 Å². The molecule has 0 unspecified atom stereocenters. The monoisotopic (exact) mass is 413 g/mol. The Kier molecular flexibility index (Phi) is 6.13. The quantitative estimate of drug-likeness (QED) is 0.389. The van der Waals surface area contributed by atoms with Crippen molar-refractivity contribution in [2.24, 2.45) is 4.99 Å². The Balaban J connectivity index is 1.56. The summed E-state index contributed by atoms with van der Waals surface area (Å²) in [5.74, 6) is 1.09. The van der Waals surface area contributed by atoms with Crippen LogP contribution in [0.25, 0.3) is 6.08 Å². The number of aryl methyl sites for hydroxylation is 1. The van der Waals surface area contributed by atoms with E-state index in [-0.39, 0.29) is 5.70 Å². The highest BCUT2D eigenvalue weighted by molar-refractivity contribution is 6.12. The predicted octanol–water partition coefficient (Wildman–Crippen LogP) is 5.32. The fourth-order valence-corrected chi connectivity index (χ4v) is 3.24. The average Bonchev–Trinajstić information content (AvgIpc) is 3.14. The molecule has 3 aromatic carbocycles. The zero-order chi connectivity index (χ0) is 21.6. The molecule has 0 bridgehead atoms. The van der Waals surface area contributed by atoms with Gasteiger partial charge in [-0.1, -0.05) is 54.1 Å². The summed E-state index contributed by atoms with van der Waals surface area (Å²) in [6, 6.07) is 23.1. The number of carbonyl (C=O) groups excluding carboxylic acids is 1. The molecule has 0 aliphatic carbocycles. The van der Waals surface area contributed by atoms with Crippen molar-refractivity contribution in [2.45, 2.75) is 20.5 Å². The van der Waals surface area contributed by atoms with Crippen molar-refractivity contribution in [3.05, 3.63) is 101 Å². The van der Waals surface area contributed by atoms with Crippen molar-refractivity contribution in [1.82, 2.24) is 0 Å². The van der Waals surface area contributed by atoms with Gasteiger partial charge >= 0.3 is 5.97 Å². The normalized spacial score (nSPS) is 14.3. The topological polar surface area (TPSA) is 57.1 Å². The van der Waals surface area contributed by atoms with E-state index in [9.17, 15) is 4.79 Å². The van der Waals surface area contributed by atoms with Crippen molar-refractivity contribution in [1.29, 1.82) is 0 Å². The molecule has 0 fully saturated rings. The first-order valence-electron chi connectivity index (χ1n) is 10.2. The van der Waals surface area contributed by atoms with E-state index >= 15 is 0 Å². The fraction of sp³-hybridized carbons (Fsp3) is 0.154. The summed E-state index contributed by atoms with van der Waals surface area (Å²) in [6.45, 7) is 4.91. The summed E-state index contributed by atoms with van der Waals surface area (Å²) < 4.78 is 17.1. The van der Waals surface area contributed by atoms with Gasteiger partial charge in [-0.05, 0) is 55.3 Å². The molecule has 0 amide bonds. The molecule has 1 aliphatic heterocycles. The summed E-state index contributed by atoms with van der Waals surface area (Å²) in [7, 11) is 0. The number of benzene rings is 3. The Morgan fingerprint density at radius 1 is 0.935 bits per heavy atom. The van der Waals surface area contributed by atoms with Crippen molar-refractivity contribution in [3.8, 4) is 11.5 Å². The minimum Gasteiger partial charge on any atom is -0.490 e. The smallest absolute Gasteiger partial charge is 0.363 e. The van der Waals surface area contributed by atoms with Crippen LogP contribution in [0.5, 0.6) is 11.5 Å². The van der Waals surface area contributed by atoms with Crippen molar-refractivity contribution in [2.75, 3.05) is 6.61 Å². The van der Waals surface area contributed by atoms with Crippen LogP contribution >= 0.6 is 0 Å². The predicted molar refractivity (Wildman–Crippen MR) is 120 cm³/mol. The molecule has 0 saturated carbocycles. The van der Waals surface area contributed by atoms with Gasteiger partial charge in [0.1, 0.15) is 6.61 Å². The van der Waals surface area contributed by atoms with E-state index in [1.54, 1.807) is 6.08 Å². The molecule has 156 valence electrons. The maximum absolute atomic E-state index is 12.3. The molecular weight excluding hydrogens is 390 g/mol. The molecule has 0 atom stereocenters. The highest BCUT2D eigenvalue weighted by Crippen LogP contribution is 2.31. The highest BCUT2D eigenvalue weighted by atomic mass is 16.6. The molecule has 3 aromatic rings. The van der Waals surface area contributed by atoms with E-state index in [0.29, 0.717) is 30.6 Å². The van der Waals surface area contributed by atoms with Crippen LogP contribution in [0.3, 0.4) is 0 Å². The van der Waals surface area contributed by atoms with E-state index in [0.717, 1.165) is 16.7 Å². The van der Waals surface area contributed by atoms with Crippen LogP contribution < -0.4 is 9.47 Å². The number of ether oxygens (including phenoxy) is 3. The van der Waals surface area contributed by atoms with E-state index < -0.39 is 5.97 Å². The first kappa shape index (κ1) is 20.4. The van der Waals surface area contributed by atoms with Crippen LogP contribution in [0.2, 0.25) is 0 Å². The van der Waals surface area contributed by atoms with Crippen molar-refractivity contribution >= 4 is 17.9 Å². The van der Waals surface area contributed by atoms with Crippen LogP contribution in [0, 0.1) is 6.92 Å². The maximum Gasteiger partial charge on any atom is 0.363 e. The molecule has 1 aliphatic rings. The van der Waals surface area contributed by atoms with E-state index in [1.165, 1.54) is 5.56 Å². The minimum atomic E-state index is -0.475. The first-order chi connectivity index (χ1) is 15.1. The van der Waals surface area contributed by atoms with Crippen LogP contribution in [0.1, 0.15) is 29.2 Å². The molecule has 1 heterocycles. The Morgan fingerprint density at radius 2 is 1.77 bits per heavy atom. The molecule has 0 radical (unpaired) electrons. The van der Waals surface area contributed by atoms with Gasteiger partial charge in [0, 0.05) is 5.56 Å². The molecule has 31 heavy (non-hydrogen) atoms. The van der Waals surface area contributed by atoms with Gasteiger partial charge in [-0.15, -0.1) is 0 Å². The second-order valence-corrected chi connectivity index (χ2v) is 7.12. The molecule has 0 spiro atoms. The first-order valence-corrected chi connectivity index (χ1v) is 10.2. The van der Waals surface area contributed by atoms with Gasteiger partial charge in [-0.2, -0.15) is 0 Å². The Hall–Kier alpha value is -3.86. The standard InChI is InChI=1S/C26H23NO4/c1-3-29-24-16-19(12-13-23(24)30-17-20-9-7-8-18(2)14-20)15-22-26(28)31-25(27-22)21-10-5-4-6-11-21/h4-16H,3,17H2,1-2H3/b22-15-. The van der Waals surface area contributed by atoms with Gasteiger partial charge in [0.05, 0.1) is 6.61 Å². The van der Waals surface area contributed by atoms with Crippen molar-refractivity contribution < 1.29 is 19.0 Å². The third-order valence-corrected chi connectivity index (χ3v) is 4.69. The van der Waals surface area contributed by atoms with Crippen LogP contribution in [-0.2, 0) is 16.1 Å². The number of nitrogens with zero attached hydrogens (tertiary/aromatic N) is 1. The van der Waals surface area contributed by atoms with Gasteiger partial charge in [-0.25, -0.2) is 9.79 Å². The number of esters is 1.